The highest BCUT2D eigenvalue weighted by Gasteiger charge is 2.11. The summed E-state index contributed by atoms with van der Waals surface area (Å²) >= 11 is 0. The minimum absolute atomic E-state index is 0.157. The van der Waals surface area contributed by atoms with Crippen LogP contribution in [0.3, 0.4) is 0 Å². The van der Waals surface area contributed by atoms with Crippen LogP contribution >= 0.6 is 0 Å². The third-order valence-electron chi connectivity index (χ3n) is 4.25. The summed E-state index contributed by atoms with van der Waals surface area (Å²) in [6.45, 7) is 1.06. The van der Waals surface area contributed by atoms with Gasteiger partial charge in [-0.1, -0.05) is 54.6 Å². The van der Waals surface area contributed by atoms with Gasteiger partial charge in [-0.2, -0.15) is 0 Å². The lowest BCUT2D eigenvalue weighted by Gasteiger charge is -2.16. The third kappa shape index (κ3) is 4.91. The summed E-state index contributed by atoms with van der Waals surface area (Å²) in [5.74, 6) is 0.775. The second-order valence-corrected chi connectivity index (χ2v) is 6.11. The number of benzene rings is 3. The number of rotatable bonds is 7. The molecule has 0 fully saturated rings. The van der Waals surface area contributed by atoms with Crippen LogP contribution in [0.2, 0.25) is 0 Å². The van der Waals surface area contributed by atoms with E-state index in [-0.39, 0.29) is 11.7 Å². The lowest BCUT2D eigenvalue weighted by Crippen LogP contribution is -2.15. The minimum atomic E-state index is -0.226. The maximum Gasteiger partial charge on any atom is 0.123 e. The van der Waals surface area contributed by atoms with Crippen molar-refractivity contribution in [2.24, 2.45) is 5.73 Å². The molecule has 3 rings (SSSR count). The fourth-order valence-electron chi connectivity index (χ4n) is 2.86. The summed E-state index contributed by atoms with van der Waals surface area (Å²) in [5, 5.41) is 0. The Bertz CT molecular complexity index is 787. The van der Waals surface area contributed by atoms with Gasteiger partial charge < -0.3 is 10.5 Å². The van der Waals surface area contributed by atoms with Crippen LogP contribution in [0.25, 0.3) is 0 Å². The first-order valence-electron chi connectivity index (χ1n) is 8.46. The molecule has 0 radical (unpaired) electrons. The lowest BCUT2D eigenvalue weighted by atomic mass is 9.92. The van der Waals surface area contributed by atoms with E-state index in [1.807, 2.05) is 54.6 Å². The summed E-state index contributed by atoms with van der Waals surface area (Å²) in [5.41, 5.74) is 9.29. The van der Waals surface area contributed by atoms with Gasteiger partial charge in [0.15, 0.2) is 0 Å². The number of halogens is 1. The van der Waals surface area contributed by atoms with Crippen LogP contribution in [0.15, 0.2) is 78.9 Å². The summed E-state index contributed by atoms with van der Waals surface area (Å²) in [6, 6.07) is 24.7. The minimum Gasteiger partial charge on any atom is -0.489 e. The van der Waals surface area contributed by atoms with Crippen LogP contribution in [0.5, 0.6) is 5.75 Å². The van der Waals surface area contributed by atoms with Crippen LogP contribution in [0.4, 0.5) is 4.39 Å². The van der Waals surface area contributed by atoms with Crippen LogP contribution in [-0.4, -0.2) is 6.54 Å². The molecule has 3 aromatic carbocycles. The normalized spacial score (nSPS) is 11.9. The molecule has 1 unspecified atom stereocenters. The molecule has 0 spiro atoms. The molecule has 0 saturated heterocycles. The van der Waals surface area contributed by atoms with Gasteiger partial charge in [0.2, 0.25) is 0 Å². The van der Waals surface area contributed by atoms with E-state index in [4.69, 9.17) is 10.5 Å². The fourth-order valence-corrected chi connectivity index (χ4v) is 2.86. The Morgan fingerprint density at radius 3 is 2.28 bits per heavy atom. The Kier molecular flexibility index (Phi) is 5.81. The van der Waals surface area contributed by atoms with E-state index in [9.17, 15) is 4.39 Å². The van der Waals surface area contributed by atoms with Crippen LogP contribution in [0.1, 0.15) is 22.6 Å². The van der Waals surface area contributed by atoms with Crippen molar-refractivity contribution in [2.75, 3.05) is 6.54 Å². The molecule has 0 amide bonds. The van der Waals surface area contributed by atoms with Gasteiger partial charge in [-0.3, -0.25) is 0 Å². The number of nitrogens with two attached hydrogens (primary N) is 1. The van der Waals surface area contributed by atoms with Crippen molar-refractivity contribution in [3.05, 3.63) is 101 Å². The maximum atomic E-state index is 13.1. The van der Waals surface area contributed by atoms with E-state index in [1.54, 1.807) is 0 Å². The van der Waals surface area contributed by atoms with Gasteiger partial charge >= 0.3 is 0 Å². The zero-order chi connectivity index (χ0) is 17.5. The molecular formula is C22H22FNO. The van der Waals surface area contributed by atoms with Crippen molar-refractivity contribution in [3.8, 4) is 5.75 Å². The Hall–Kier alpha value is -2.65. The molecule has 25 heavy (non-hydrogen) atoms. The predicted octanol–water partition coefficient (Wildman–Crippen LogP) is 4.69. The van der Waals surface area contributed by atoms with Crippen molar-refractivity contribution in [1.82, 2.24) is 0 Å². The number of hydrogen-bond donors (Lipinski definition) is 1. The van der Waals surface area contributed by atoms with Crippen molar-refractivity contribution in [3.63, 3.8) is 0 Å². The number of ether oxygens (including phenoxy) is 1. The lowest BCUT2D eigenvalue weighted by molar-refractivity contribution is 0.306. The molecule has 3 heteroatoms. The van der Waals surface area contributed by atoms with Gasteiger partial charge in [0.25, 0.3) is 0 Å². The van der Waals surface area contributed by atoms with Crippen LogP contribution in [0, 0.1) is 5.82 Å². The second kappa shape index (κ2) is 8.45. The van der Waals surface area contributed by atoms with Gasteiger partial charge in [-0.25, -0.2) is 4.39 Å². The van der Waals surface area contributed by atoms with Crippen LogP contribution in [-0.2, 0) is 13.0 Å². The second-order valence-electron chi connectivity index (χ2n) is 6.11. The van der Waals surface area contributed by atoms with Gasteiger partial charge in [0, 0.05) is 5.92 Å². The van der Waals surface area contributed by atoms with E-state index in [0.29, 0.717) is 13.2 Å². The van der Waals surface area contributed by atoms with E-state index < -0.39 is 0 Å². The van der Waals surface area contributed by atoms with E-state index in [0.717, 1.165) is 28.9 Å². The van der Waals surface area contributed by atoms with Crippen molar-refractivity contribution in [2.45, 2.75) is 18.9 Å². The maximum absolute atomic E-state index is 13.1. The van der Waals surface area contributed by atoms with Gasteiger partial charge in [0.1, 0.15) is 18.2 Å². The van der Waals surface area contributed by atoms with E-state index in [1.165, 1.54) is 12.1 Å². The predicted molar refractivity (Wildman–Crippen MR) is 99.1 cm³/mol. The molecule has 2 nitrogen and oxygen atoms in total. The van der Waals surface area contributed by atoms with Gasteiger partial charge in [-0.15, -0.1) is 0 Å². The smallest absolute Gasteiger partial charge is 0.123 e. The zero-order valence-electron chi connectivity index (χ0n) is 14.1. The SMILES string of the molecule is NCC(Cc1cccc(OCc2ccccc2)c1)c1ccc(F)cc1. The highest BCUT2D eigenvalue weighted by Crippen LogP contribution is 2.23. The fraction of sp³-hybridized carbons (Fsp3) is 0.182. The summed E-state index contributed by atoms with van der Waals surface area (Å²) < 4.78 is 19.0. The molecule has 0 bridgehead atoms. The molecule has 128 valence electrons. The molecule has 0 heterocycles. The van der Waals surface area contributed by atoms with Gasteiger partial charge in [-0.05, 0) is 53.9 Å². The van der Waals surface area contributed by atoms with Crippen molar-refractivity contribution < 1.29 is 9.13 Å². The Labute approximate surface area is 148 Å². The van der Waals surface area contributed by atoms with Crippen molar-refractivity contribution in [1.29, 1.82) is 0 Å². The highest BCUT2D eigenvalue weighted by atomic mass is 19.1. The highest BCUT2D eigenvalue weighted by molar-refractivity contribution is 5.31. The summed E-state index contributed by atoms with van der Waals surface area (Å²) in [7, 11) is 0. The first kappa shape index (κ1) is 17.2. The van der Waals surface area contributed by atoms with Crippen LogP contribution < -0.4 is 10.5 Å². The zero-order valence-corrected chi connectivity index (χ0v) is 14.1. The van der Waals surface area contributed by atoms with Crippen molar-refractivity contribution >= 4 is 0 Å². The third-order valence-corrected chi connectivity index (χ3v) is 4.25. The quantitative estimate of drug-likeness (QED) is 0.680. The van der Waals surface area contributed by atoms with Gasteiger partial charge in [0.05, 0.1) is 0 Å². The summed E-state index contributed by atoms with van der Waals surface area (Å²) in [6.07, 6.45) is 0.796. The molecule has 1 atom stereocenters. The monoisotopic (exact) mass is 335 g/mol. The van der Waals surface area contributed by atoms with E-state index in [2.05, 4.69) is 12.1 Å². The molecular weight excluding hydrogens is 313 g/mol. The Morgan fingerprint density at radius 2 is 1.56 bits per heavy atom. The standard InChI is InChI=1S/C22H22FNO/c23-21-11-9-19(10-12-21)20(15-24)13-18-7-4-8-22(14-18)25-16-17-5-2-1-3-6-17/h1-12,14,20H,13,15-16,24H2. The molecule has 0 aliphatic carbocycles. The Morgan fingerprint density at radius 1 is 0.840 bits per heavy atom. The first-order valence-corrected chi connectivity index (χ1v) is 8.46. The molecule has 2 N–H and O–H groups in total. The molecule has 0 aliphatic rings. The molecule has 0 aliphatic heterocycles. The molecule has 0 saturated carbocycles. The summed E-state index contributed by atoms with van der Waals surface area (Å²) in [4.78, 5) is 0. The first-order chi connectivity index (χ1) is 12.2. The average Bonchev–Trinajstić information content (AvgIpc) is 2.66. The Balaban J connectivity index is 1.66. The van der Waals surface area contributed by atoms with E-state index >= 15 is 0 Å². The topological polar surface area (TPSA) is 35.2 Å². The molecule has 0 aromatic heterocycles. The number of hydrogen-bond acceptors (Lipinski definition) is 2. The molecule has 3 aromatic rings. The average molecular weight is 335 g/mol. The largest absolute Gasteiger partial charge is 0.489 e.